The second kappa shape index (κ2) is 10.9. The summed E-state index contributed by atoms with van der Waals surface area (Å²) in [4.78, 5) is 14.9. The summed E-state index contributed by atoms with van der Waals surface area (Å²) in [6.07, 6.45) is 5.84. The standard InChI is InChI=1S/C21H34N2O4S/c1-16-13-19(26-5)14-17(2)21(16)28(25)22(3)11-12-27-15-20(24)23(4)18-9-7-6-8-10-18/h13-14,18H,6-12,15H2,1-5H3. The molecular formula is C21H34N2O4S. The molecule has 7 heteroatoms. The summed E-state index contributed by atoms with van der Waals surface area (Å²) in [5.41, 5.74) is 1.87. The molecule has 6 nitrogen and oxygen atoms in total. The first-order valence-corrected chi connectivity index (χ1v) is 11.1. The topological polar surface area (TPSA) is 59.1 Å². The quantitative estimate of drug-likeness (QED) is 0.587. The molecule has 1 fully saturated rings. The molecule has 1 aliphatic rings. The molecule has 0 saturated heterocycles. The first kappa shape index (κ1) is 22.8. The van der Waals surface area contributed by atoms with Crippen LogP contribution < -0.4 is 4.74 Å². The molecule has 1 atom stereocenters. The molecule has 0 N–H and O–H groups in total. The van der Waals surface area contributed by atoms with Crippen LogP contribution in [0.1, 0.15) is 43.2 Å². The fraction of sp³-hybridized carbons (Fsp3) is 0.667. The van der Waals surface area contributed by atoms with Gasteiger partial charge in [-0.1, -0.05) is 19.3 Å². The summed E-state index contributed by atoms with van der Waals surface area (Å²) in [7, 11) is 4.02. The predicted octanol–water partition coefficient (Wildman–Crippen LogP) is 3.07. The summed E-state index contributed by atoms with van der Waals surface area (Å²) in [5.74, 6) is 0.792. The first-order chi connectivity index (χ1) is 13.3. The van der Waals surface area contributed by atoms with Crippen molar-refractivity contribution in [3.63, 3.8) is 0 Å². The average molecular weight is 411 g/mol. The predicted molar refractivity (Wildman–Crippen MR) is 112 cm³/mol. The lowest BCUT2D eigenvalue weighted by atomic mass is 9.94. The maximum absolute atomic E-state index is 12.9. The van der Waals surface area contributed by atoms with Crippen LogP contribution in [-0.2, 0) is 20.5 Å². The Morgan fingerprint density at radius 3 is 2.32 bits per heavy atom. The molecular weight excluding hydrogens is 376 g/mol. The number of rotatable bonds is 9. The van der Waals surface area contributed by atoms with Crippen molar-refractivity contribution in [1.29, 1.82) is 0 Å². The fourth-order valence-electron chi connectivity index (χ4n) is 3.67. The third-order valence-electron chi connectivity index (χ3n) is 5.42. The number of hydrogen-bond donors (Lipinski definition) is 0. The highest BCUT2D eigenvalue weighted by Crippen LogP contribution is 2.25. The van der Waals surface area contributed by atoms with E-state index in [1.165, 1.54) is 19.3 Å². The van der Waals surface area contributed by atoms with Crippen LogP contribution in [-0.4, -0.2) is 66.3 Å². The van der Waals surface area contributed by atoms with Gasteiger partial charge in [-0.2, -0.15) is 0 Å². The van der Waals surface area contributed by atoms with Crippen molar-refractivity contribution >= 4 is 16.9 Å². The smallest absolute Gasteiger partial charge is 0.248 e. The number of carbonyl (C=O) groups excluding carboxylic acids is 1. The molecule has 2 rings (SSSR count). The summed E-state index contributed by atoms with van der Waals surface area (Å²) in [5, 5.41) is 0. The van der Waals surface area contributed by atoms with E-state index in [0.29, 0.717) is 19.2 Å². The normalized spacial score (nSPS) is 16.2. The van der Waals surface area contributed by atoms with Crippen molar-refractivity contribution in [3.8, 4) is 5.75 Å². The van der Waals surface area contributed by atoms with Crippen LogP contribution in [0.3, 0.4) is 0 Å². The summed E-state index contributed by atoms with van der Waals surface area (Å²) in [6.45, 7) is 4.80. The number of nitrogens with zero attached hydrogens (tertiary/aromatic N) is 2. The lowest BCUT2D eigenvalue weighted by molar-refractivity contribution is -0.137. The van der Waals surface area contributed by atoms with Crippen molar-refractivity contribution < 1.29 is 18.5 Å². The highest BCUT2D eigenvalue weighted by Gasteiger charge is 2.22. The van der Waals surface area contributed by atoms with Gasteiger partial charge >= 0.3 is 0 Å². The van der Waals surface area contributed by atoms with Crippen LogP contribution in [0.15, 0.2) is 17.0 Å². The first-order valence-electron chi connectivity index (χ1n) is 9.96. The van der Waals surface area contributed by atoms with Crippen molar-refractivity contribution in [2.75, 3.05) is 41.0 Å². The van der Waals surface area contributed by atoms with E-state index in [1.54, 1.807) is 18.5 Å². The van der Waals surface area contributed by atoms with Gasteiger partial charge in [-0.05, 0) is 49.9 Å². The van der Waals surface area contributed by atoms with E-state index in [-0.39, 0.29) is 12.5 Å². The number of amides is 1. The number of ether oxygens (including phenoxy) is 2. The molecule has 1 amide bonds. The molecule has 1 saturated carbocycles. The summed E-state index contributed by atoms with van der Waals surface area (Å²) < 4.78 is 25.5. The van der Waals surface area contributed by atoms with Crippen LogP contribution >= 0.6 is 0 Å². The van der Waals surface area contributed by atoms with Gasteiger partial charge in [0.05, 0.1) is 18.6 Å². The lowest BCUT2D eigenvalue weighted by Gasteiger charge is -2.31. The Morgan fingerprint density at radius 2 is 1.75 bits per heavy atom. The maximum Gasteiger partial charge on any atom is 0.248 e. The minimum absolute atomic E-state index is 0.0255. The van der Waals surface area contributed by atoms with E-state index in [1.807, 2.05) is 37.9 Å². The average Bonchev–Trinajstić information content (AvgIpc) is 2.70. The van der Waals surface area contributed by atoms with E-state index in [2.05, 4.69) is 0 Å². The molecule has 0 heterocycles. The van der Waals surface area contributed by atoms with Gasteiger partial charge in [0.15, 0.2) is 0 Å². The van der Waals surface area contributed by atoms with E-state index < -0.39 is 11.0 Å². The number of likely N-dealkylation sites (N-methyl/N-ethyl adjacent to an activating group) is 2. The SMILES string of the molecule is COc1cc(C)c(S(=O)N(C)CCOCC(=O)N(C)C2CCCCC2)c(C)c1. The van der Waals surface area contributed by atoms with Gasteiger partial charge in [-0.3, -0.25) is 4.79 Å². The van der Waals surface area contributed by atoms with Gasteiger partial charge in [0.1, 0.15) is 23.3 Å². The molecule has 1 aromatic rings. The molecule has 0 aromatic heterocycles. The summed E-state index contributed by atoms with van der Waals surface area (Å²) in [6, 6.07) is 4.13. The van der Waals surface area contributed by atoms with Gasteiger partial charge in [0.2, 0.25) is 5.91 Å². The van der Waals surface area contributed by atoms with Crippen molar-refractivity contribution in [3.05, 3.63) is 23.3 Å². The second-order valence-corrected chi connectivity index (χ2v) is 9.07. The van der Waals surface area contributed by atoms with Crippen LogP contribution in [0.2, 0.25) is 0 Å². The zero-order valence-corrected chi connectivity index (χ0v) is 18.6. The number of carbonyl (C=O) groups is 1. The molecule has 0 aliphatic heterocycles. The molecule has 0 spiro atoms. The zero-order valence-electron chi connectivity index (χ0n) is 17.8. The van der Waals surface area contributed by atoms with E-state index in [0.717, 1.165) is 34.6 Å². The summed E-state index contributed by atoms with van der Waals surface area (Å²) >= 11 is 0. The minimum atomic E-state index is -1.29. The van der Waals surface area contributed by atoms with Gasteiger partial charge in [-0.15, -0.1) is 0 Å². The second-order valence-electron chi connectivity index (χ2n) is 7.54. The van der Waals surface area contributed by atoms with Crippen LogP contribution in [0.25, 0.3) is 0 Å². The van der Waals surface area contributed by atoms with Crippen LogP contribution in [0.5, 0.6) is 5.75 Å². The Balaban J connectivity index is 1.80. The van der Waals surface area contributed by atoms with E-state index in [4.69, 9.17) is 9.47 Å². The molecule has 0 radical (unpaired) electrons. The van der Waals surface area contributed by atoms with E-state index in [9.17, 15) is 9.00 Å². The third-order valence-corrected chi connectivity index (χ3v) is 7.16. The fourth-order valence-corrected chi connectivity index (χ4v) is 4.89. The van der Waals surface area contributed by atoms with Crippen molar-refractivity contribution in [2.45, 2.75) is 56.9 Å². The van der Waals surface area contributed by atoms with Gasteiger partial charge < -0.3 is 14.4 Å². The number of aryl methyl sites for hydroxylation is 2. The van der Waals surface area contributed by atoms with E-state index >= 15 is 0 Å². The Morgan fingerprint density at radius 1 is 1.14 bits per heavy atom. The largest absolute Gasteiger partial charge is 0.497 e. The van der Waals surface area contributed by atoms with Gasteiger partial charge in [0, 0.05) is 26.7 Å². The van der Waals surface area contributed by atoms with Crippen molar-refractivity contribution in [2.24, 2.45) is 0 Å². The molecule has 158 valence electrons. The van der Waals surface area contributed by atoms with Crippen LogP contribution in [0.4, 0.5) is 0 Å². The third kappa shape index (κ3) is 6.03. The zero-order chi connectivity index (χ0) is 20.7. The Hall–Kier alpha value is -1.44. The molecule has 0 bridgehead atoms. The molecule has 1 aliphatic carbocycles. The van der Waals surface area contributed by atoms with Gasteiger partial charge in [-0.25, -0.2) is 8.51 Å². The number of hydrogen-bond acceptors (Lipinski definition) is 4. The van der Waals surface area contributed by atoms with Crippen molar-refractivity contribution in [1.82, 2.24) is 9.21 Å². The Kier molecular flexibility index (Phi) is 8.92. The maximum atomic E-state index is 12.9. The highest BCUT2D eigenvalue weighted by molar-refractivity contribution is 7.82. The molecule has 1 unspecified atom stereocenters. The van der Waals surface area contributed by atoms with Gasteiger partial charge in [0.25, 0.3) is 0 Å². The molecule has 28 heavy (non-hydrogen) atoms. The monoisotopic (exact) mass is 410 g/mol. The Labute approximate surface area is 171 Å². The lowest BCUT2D eigenvalue weighted by Crippen LogP contribution is -2.40. The number of methoxy groups -OCH3 is 1. The number of benzene rings is 1. The minimum Gasteiger partial charge on any atom is -0.497 e. The van der Waals surface area contributed by atoms with Crippen LogP contribution in [0, 0.1) is 13.8 Å². The highest BCUT2D eigenvalue weighted by atomic mass is 32.2. The Bertz CT molecular complexity index is 666. The molecule has 1 aromatic carbocycles.